The maximum Gasteiger partial charge on any atom is 0.326 e. The summed E-state index contributed by atoms with van der Waals surface area (Å²) in [4.78, 5) is 34.0. The third-order valence-electron chi connectivity index (χ3n) is 2.87. The smallest absolute Gasteiger partial charge is 0.326 e. The maximum absolute atomic E-state index is 11.9. The zero-order chi connectivity index (χ0) is 15.8. The molecule has 7 heteroatoms. The third kappa shape index (κ3) is 5.23. The van der Waals surface area contributed by atoms with Crippen molar-refractivity contribution in [3.05, 3.63) is 35.4 Å². The Morgan fingerprint density at radius 3 is 2.33 bits per heavy atom. The topological polar surface area (TPSA) is 113 Å². The van der Waals surface area contributed by atoms with Crippen molar-refractivity contribution in [3.63, 3.8) is 0 Å². The van der Waals surface area contributed by atoms with E-state index in [1.165, 1.54) is 19.2 Å². The number of amides is 1. The minimum absolute atomic E-state index is 0.0531. The molecule has 1 aromatic rings. The van der Waals surface area contributed by atoms with Gasteiger partial charge in [-0.1, -0.05) is 12.1 Å². The van der Waals surface area contributed by atoms with Gasteiger partial charge in [0.15, 0.2) is 0 Å². The number of carboxylic acid groups (broad SMARTS) is 1. The van der Waals surface area contributed by atoms with E-state index in [9.17, 15) is 14.4 Å². The van der Waals surface area contributed by atoms with E-state index in [2.05, 4.69) is 10.1 Å². The van der Waals surface area contributed by atoms with Crippen LogP contribution in [0.2, 0.25) is 0 Å². The van der Waals surface area contributed by atoms with Crippen LogP contribution in [0, 0.1) is 0 Å². The molecule has 1 aromatic carbocycles. The van der Waals surface area contributed by atoms with Gasteiger partial charge in [0.05, 0.1) is 13.7 Å². The number of ether oxygens (including phenoxy) is 1. The molecule has 1 unspecified atom stereocenters. The van der Waals surface area contributed by atoms with Crippen LogP contribution in [0.3, 0.4) is 0 Å². The molecule has 1 atom stereocenters. The average Bonchev–Trinajstić information content (AvgIpc) is 2.50. The van der Waals surface area contributed by atoms with Gasteiger partial charge in [0.2, 0.25) is 0 Å². The molecule has 1 amide bonds. The second-order valence-corrected chi connectivity index (χ2v) is 4.33. The van der Waals surface area contributed by atoms with Crippen LogP contribution in [-0.2, 0) is 20.9 Å². The molecule has 0 aliphatic rings. The number of methoxy groups -OCH3 is 1. The summed E-state index contributed by atoms with van der Waals surface area (Å²) in [5.74, 6) is -2.32. The minimum Gasteiger partial charge on any atom is -0.480 e. The number of carbonyl (C=O) groups is 3. The van der Waals surface area contributed by atoms with E-state index in [4.69, 9.17) is 10.2 Å². The number of hydrogen-bond acceptors (Lipinski definition) is 5. The molecule has 0 spiro atoms. The normalized spacial score (nSPS) is 11.5. The van der Waals surface area contributed by atoms with Crippen LogP contribution in [0.4, 0.5) is 0 Å². The third-order valence-corrected chi connectivity index (χ3v) is 2.87. The van der Waals surface area contributed by atoms with E-state index in [1.54, 1.807) is 12.1 Å². The Morgan fingerprint density at radius 2 is 1.86 bits per heavy atom. The van der Waals surface area contributed by atoms with Gasteiger partial charge in [0.25, 0.3) is 5.91 Å². The van der Waals surface area contributed by atoms with Gasteiger partial charge in [0.1, 0.15) is 6.04 Å². The van der Waals surface area contributed by atoms with Crippen LogP contribution in [0.15, 0.2) is 24.3 Å². The van der Waals surface area contributed by atoms with E-state index >= 15 is 0 Å². The Morgan fingerprint density at radius 1 is 1.24 bits per heavy atom. The number of aliphatic hydroxyl groups is 1. The molecule has 0 aromatic heterocycles. The highest BCUT2D eigenvalue weighted by Gasteiger charge is 2.21. The van der Waals surface area contributed by atoms with E-state index in [0.29, 0.717) is 5.56 Å². The summed E-state index contributed by atoms with van der Waals surface area (Å²) in [5.41, 5.74) is 0.920. The first-order valence-electron chi connectivity index (χ1n) is 6.28. The van der Waals surface area contributed by atoms with Gasteiger partial charge in [-0.15, -0.1) is 0 Å². The van der Waals surface area contributed by atoms with Crippen LogP contribution in [0.1, 0.15) is 28.8 Å². The van der Waals surface area contributed by atoms with Crippen molar-refractivity contribution in [2.24, 2.45) is 0 Å². The molecule has 0 fully saturated rings. The predicted octanol–water partition coefficient (Wildman–Crippen LogP) is 0.315. The SMILES string of the molecule is COC(=O)CCC(NC(=O)c1ccc(CO)cc1)C(=O)O. The number of rotatable bonds is 7. The van der Waals surface area contributed by atoms with Crippen molar-refractivity contribution in [1.29, 1.82) is 0 Å². The van der Waals surface area contributed by atoms with E-state index < -0.39 is 23.9 Å². The largest absolute Gasteiger partial charge is 0.480 e. The molecule has 21 heavy (non-hydrogen) atoms. The highest BCUT2D eigenvalue weighted by molar-refractivity contribution is 5.96. The first-order chi connectivity index (χ1) is 9.97. The molecule has 1 rings (SSSR count). The summed E-state index contributed by atoms with van der Waals surface area (Å²) in [7, 11) is 1.21. The monoisotopic (exact) mass is 295 g/mol. The zero-order valence-electron chi connectivity index (χ0n) is 11.5. The lowest BCUT2D eigenvalue weighted by Gasteiger charge is -2.14. The number of benzene rings is 1. The molecular weight excluding hydrogens is 278 g/mol. The second kappa shape index (κ2) is 8.01. The lowest BCUT2D eigenvalue weighted by atomic mass is 10.1. The predicted molar refractivity (Wildman–Crippen MR) is 72.5 cm³/mol. The summed E-state index contributed by atoms with van der Waals surface area (Å²) in [6.45, 7) is -0.140. The Bertz CT molecular complexity index is 511. The highest BCUT2D eigenvalue weighted by atomic mass is 16.5. The fourth-order valence-corrected chi connectivity index (χ4v) is 1.62. The van der Waals surface area contributed by atoms with Crippen molar-refractivity contribution >= 4 is 17.8 Å². The molecule has 0 aliphatic heterocycles. The van der Waals surface area contributed by atoms with Gasteiger partial charge >= 0.3 is 11.9 Å². The van der Waals surface area contributed by atoms with Gasteiger partial charge in [-0.2, -0.15) is 0 Å². The Labute approximate surface area is 121 Å². The van der Waals surface area contributed by atoms with Gasteiger partial charge < -0.3 is 20.3 Å². The van der Waals surface area contributed by atoms with Crippen LogP contribution in [-0.4, -0.2) is 41.2 Å². The van der Waals surface area contributed by atoms with Crippen LogP contribution >= 0.6 is 0 Å². The Kier molecular flexibility index (Phi) is 6.35. The lowest BCUT2D eigenvalue weighted by Crippen LogP contribution is -2.41. The number of aliphatic hydroxyl groups excluding tert-OH is 1. The highest BCUT2D eigenvalue weighted by Crippen LogP contribution is 2.06. The Balaban J connectivity index is 2.66. The van der Waals surface area contributed by atoms with Gasteiger partial charge in [-0.05, 0) is 24.1 Å². The average molecular weight is 295 g/mol. The quantitative estimate of drug-likeness (QED) is 0.624. The van der Waals surface area contributed by atoms with Crippen molar-refractivity contribution in [3.8, 4) is 0 Å². The zero-order valence-corrected chi connectivity index (χ0v) is 11.5. The molecule has 0 saturated carbocycles. The molecule has 0 heterocycles. The first-order valence-corrected chi connectivity index (χ1v) is 6.28. The van der Waals surface area contributed by atoms with Gasteiger partial charge in [-0.3, -0.25) is 9.59 Å². The van der Waals surface area contributed by atoms with Crippen molar-refractivity contribution < 1.29 is 29.3 Å². The molecule has 0 bridgehead atoms. The number of hydrogen-bond donors (Lipinski definition) is 3. The van der Waals surface area contributed by atoms with Gasteiger partial charge in [-0.25, -0.2) is 4.79 Å². The molecule has 0 radical (unpaired) electrons. The number of esters is 1. The number of aliphatic carboxylic acids is 1. The first kappa shape index (κ1) is 16.6. The fourth-order valence-electron chi connectivity index (χ4n) is 1.62. The molecule has 0 aliphatic carbocycles. The van der Waals surface area contributed by atoms with Gasteiger partial charge in [0, 0.05) is 12.0 Å². The summed E-state index contributed by atoms with van der Waals surface area (Å²) in [6, 6.07) is 4.94. The van der Waals surface area contributed by atoms with E-state index in [0.717, 1.165) is 0 Å². The van der Waals surface area contributed by atoms with Crippen molar-refractivity contribution in [1.82, 2.24) is 5.32 Å². The Hall–Kier alpha value is -2.41. The standard InChI is InChI=1S/C14H17NO6/c1-21-12(17)7-6-11(14(19)20)15-13(18)10-4-2-9(8-16)3-5-10/h2-5,11,16H,6-8H2,1H3,(H,15,18)(H,19,20). The summed E-state index contributed by atoms with van der Waals surface area (Å²) in [5, 5.41) is 20.3. The minimum atomic E-state index is -1.22. The van der Waals surface area contributed by atoms with E-state index in [1.807, 2.05) is 0 Å². The van der Waals surface area contributed by atoms with Crippen LogP contribution in [0.5, 0.6) is 0 Å². The number of nitrogens with one attached hydrogen (secondary N) is 1. The van der Waals surface area contributed by atoms with Crippen LogP contribution < -0.4 is 5.32 Å². The summed E-state index contributed by atoms with van der Waals surface area (Å²) in [6.07, 6.45) is -0.153. The molecule has 114 valence electrons. The van der Waals surface area contributed by atoms with Crippen molar-refractivity contribution in [2.75, 3.05) is 7.11 Å². The number of carboxylic acids is 1. The van der Waals surface area contributed by atoms with Crippen molar-refractivity contribution in [2.45, 2.75) is 25.5 Å². The van der Waals surface area contributed by atoms with E-state index in [-0.39, 0.29) is 25.0 Å². The molecule has 7 nitrogen and oxygen atoms in total. The van der Waals surface area contributed by atoms with Crippen LogP contribution in [0.25, 0.3) is 0 Å². The molecule has 0 saturated heterocycles. The summed E-state index contributed by atoms with van der Waals surface area (Å²) >= 11 is 0. The maximum atomic E-state index is 11.9. The second-order valence-electron chi connectivity index (χ2n) is 4.33. The molecular formula is C14H17NO6. The lowest BCUT2D eigenvalue weighted by molar-refractivity contribution is -0.142. The number of carbonyl (C=O) groups excluding carboxylic acids is 2. The fraction of sp³-hybridized carbons (Fsp3) is 0.357. The summed E-state index contributed by atoms with van der Waals surface area (Å²) < 4.78 is 4.43. The molecule has 3 N–H and O–H groups in total.